The lowest BCUT2D eigenvalue weighted by atomic mass is 10.2. The van der Waals surface area contributed by atoms with E-state index in [0.717, 1.165) is 5.56 Å². The van der Waals surface area contributed by atoms with Crippen molar-refractivity contribution in [1.82, 2.24) is 15.9 Å². The van der Waals surface area contributed by atoms with Gasteiger partial charge in [-0.05, 0) is 11.6 Å². The second-order valence-electron chi connectivity index (χ2n) is 2.28. The van der Waals surface area contributed by atoms with Gasteiger partial charge >= 0.3 is 0 Å². The molecule has 0 spiro atoms. The van der Waals surface area contributed by atoms with E-state index in [-0.39, 0.29) is 5.91 Å². The summed E-state index contributed by atoms with van der Waals surface area (Å²) in [5, 5.41) is 0. The number of aromatic nitrogens is 1. The van der Waals surface area contributed by atoms with Crippen molar-refractivity contribution >= 4 is 12.0 Å². The molecule has 13 heavy (non-hydrogen) atoms. The summed E-state index contributed by atoms with van der Waals surface area (Å²) in [5.41, 5.74) is 5.39. The van der Waals surface area contributed by atoms with Crippen LogP contribution in [0.15, 0.2) is 24.9 Å². The molecule has 5 nitrogen and oxygen atoms in total. The summed E-state index contributed by atoms with van der Waals surface area (Å²) >= 11 is 0. The lowest BCUT2D eigenvalue weighted by Crippen LogP contribution is -2.42. The monoisotopic (exact) mass is 178 g/mol. The SMILES string of the molecule is C=Cc1ccc(C(=O)NNN)nc1. The van der Waals surface area contributed by atoms with Gasteiger partial charge in [-0.3, -0.25) is 21.0 Å². The second-order valence-corrected chi connectivity index (χ2v) is 2.28. The van der Waals surface area contributed by atoms with Crippen LogP contribution in [0.2, 0.25) is 0 Å². The van der Waals surface area contributed by atoms with E-state index in [0.29, 0.717) is 5.69 Å². The van der Waals surface area contributed by atoms with Gasteiger partial charge in [-0.1, -0.05) is 18.7 Å². The van der Waals surface area contributed by atoms with Gasteiger partial charge in [0.2, 0.25) is 0 Å². The summed E-state index contributed by atoms with van der Waals surface area (Å²) in [6.45, 7) is 3.57. The predicted octanol–water partition coefficient (Wildman–Crippen LogP) is -0.167. The number of pyridine rings is 1. The fraction of sp³-hybridized carbons (Fsp3) is 0. The highest BCUT2D eigenvalue weighted by atomic mass is 16.2. The maximum atomic E-state index is 11.1. The molecule has 68 valence electrons. The Morgan fingerprint density at radius 3 is 2.85 bits per heavy atom. The zero-order valence-electron chi connectivity index (χ0n) is 6.95. The van der Waals surface area contributed by atoms with E-state index in [2.05, 4.69) is 17.0 Å². The molecule has 4 N–H and O–H groups in total. The summed E-state index contributed by atoms with van der Waals surface area (Å²) in [7, 11) is 0. The van der Waals surface area contributed by atoms with Crippen LogP contribution in [0, 0.1) is 0 Å². The smallest absolute Gasteiger partial charge is 0.273 e. The van der Waals surface area contributed by atoms with Crippen LogP contribution in [-0.4, -0.2) is 10.9 Å². The maximum absolute atomic E-state index is 11.1. The molecule has 0 saturated carbocycles. The first-order chi connectivity index (χ1) is 6.27. The van der Waals surface area contributed by atoms with Gasteiger partial charge in [0.15, 0.2) is 0 Å². The van der Waals surface area contributed by atoms with E-state index >= 15 is 0 Å². The Bertz CT molecular complexity index is 306. The van der Waals surface area contributed by atoms with Crippen molar-refractivity contribution in [2.45, 2.75) is 0 Å². The number of nitrogens with two attached hydrogens (primary N) is 1. The van der Waals surface area contributed by atoms with Crippen molar-refractivity contribution in [1.29, 1.82) is 0 Å². The van der Waals surface area contributed by atoms with E-state index in [1.807, 2.05) is 5.53 Å². The fourth-order valence-corrected chi connectivity index (χ4v) is 0.790. The number of hydrazine groups is 2. The van der Waals surface area contributed by atoms with E-state index < -0.39 is 0 Å². The van der Waals surface area contributed by atoms with E-state index in [1.165, 1.54) is 0 Å². The molecule has 0 saturated heterocycles. The molecule has 1 aromatic rings. The van der Waals surface area contributed by atoms with Crippen molar-refractivity contribution in [3.63, 3.8) is 0 Å². The number of nitrogens with one attached hydrogen (secondary N) is 2. The molecule has 0 unspecified atom stereocenters. The Kier molecular flexibility index (Phi) is 3.13. The Morgan fingerprint density at radius 1 is 1.62 bits per heavy atom. The topological polar surface area (TPSA) is 80.0 Å². The maximum Gasteiger partial charge on any atom is 0.285 e. The molecule has 0 bridgehead atoms. The third-order valence-electron chi connectivity index (χ3n) is 1.44. The number of nitrogens with zero attached hydrogens (tertiary/aromatic N) is 1. The van der Waals surface area contributed by atoms with Crippen LogP contribution in [-0.2, 0) is 0 Å². The largest absolute Gasteiger partial charge is 0.285 e. The molecule has 1 aromatic heterocycles. The second kappa shape index (κ2) is 4.34. The third kappa shape index (κ3) is 2.36. The predicted molar refractivity (Wildman–Crippen MR) is 49.1 cm³/mol. The molecule has 0 aliphatic heterocycles. The average molecular weight is 178 g/mol. The van der Waals surface area contributed by atoms with Crippen LogP contribution in [0.3, 0.4) is 0 Å². The zero-order chi connectivity index (χ0) is 9.68. The van der Waals surface area contributed by atoms with Gasteiger partial charge in [0.1, 0.15) is 5.69 Å². The van der Waals surface area contributed by atoms with Crippen molar-refractivity contribution in [3.05, 3.63) is 36.2 Å². The average Bonchev–Trinajstić information content (AvgIpc) is 2.18. The van der Waals surface area contributed by atoms with Gasteiger partial charge < -0.3 is 0 Å². The van der Waals surface area contributed by atoms with Crippen LogP contribution in [0.1, 0.15) is 16.1 Å². The third-order valence-corrected chi connectivity index (χ3v) is 1.44. The quantitative estimate of drug-likeness (QED) is 0.443. The van der Waals surface area contributed by atoms with E-state index in [4.69, 9.17) is 5.84 Å². The van der Waals surface area contributed by atoms with Gasteiger partial charge in [-0.15, -0.1) is 0 Å². The van der Waals surface area contributed by atoms with E-state index in [9.17, 15) is 4.79 Å². The number of rotatable bonds is 3. The van der Waals surface area contributed by atoms with Crippen molar-refractivity contribution < 1.29 is 4.79 Å². The number of hydrogen-bond acceptors (Lipinski definition) is 4. The van der Waals surface area contributed by atoms with Crippen LogP contribution in [0.4, 0.5) is 0 Å². The zero-order valence-corrected chi connectivity index (χ0v) is 6.95. The van der Waals surface area contributed by atoms with Crippen LogP contribution < -0.4 is 16.8 Å². The molecule has 0 radical (unpaired) electrons. The van der Waals surface area contributed by atoms with Crippen LogP contribution in [0.25, 0.3) is 6.08 Å². The molecule has 0 aromatic carbocycles. The molecule has 5 heteroatoms. The fourth-order valence-electron chi connectivity index (χ4n) is 0.790. The highest BCUT2D eigenvalue weighted by Crippen LogP contribution is 2.00. The van der Waals surface area contributed by atoms with Gasteiger partial charge in [0, 0.05) is 6.20 Å². The van der Waals surface area contributed by atoms with Gasteiger partial charge in [-0.2, -0.15) is 5.53 Å². The summed E-state index contributed by atoms with van der Waals surface area (Å²) < 4.78 is 0. The Balaban J connectivity index is 2.79. The molecule has 1 amide bonds. The van der Waals surface area contributed by atoms with Crippen molar-refractivity contribution in [2.24, 2.45) is 5.84 Å². The number of carbonyl (C=O) groups is 1. The van der Waals surface area contributed by atoms with Crippen LogP contribution >= 0.6 is 0 Å². The van der Waals surface area contributed by atoms with Crippen molar-refractivity contribution in [3.8, 4) is 0 Å². The molecular weight excluding hydrogens is 168 g/mol. The van der Waals surface area contributed by atoms with Gasteiger partial charge in [-0.25, -0.2) is 0 Å². The first kappa shape index (κ1) is 9.37. The minimum Gasteiger partial charge on any atom is -0.273 e. The molecular formula is C8H10N4O. The molecule has 1 rings (SSSR count). The van der Waals surface area contributed by atoms with E-state index in [1.54, 1.807) is 24.4 Å². The van der Waals surface area contributed by atoms with Crippen molar-refractivity contribution in [2.75, 3.05) is 0 Å². The molecule has 0 fully saturated rings. The first-order valence-electron chi connectivity index (χ1n) is 3.62. The number of amides is 1. The summed E-state index contributed by atoms with van der Waals surface area (Å²) in [6, 6.07) is 3.33. The van der Waals surface area contributed by atoms with Gasteiger partial charge in [0.25, 0.3) is 5.91 Å². The summed E-state index contributed by atoms with van der Waals surface area (Å²) in [5.74, 6) is 4.52. The standard InChI is InChI=1S/C8H10N4O/c1-2-6-3-4-7(10-5-6)8(13)11-12-9/h2-5,12H,1,9H2,(H,11,13). The first-order valence-corrected chi connectivity index (χ1v) is 3.62. The molecule has 0 atom stereocenters. The minimum atomic E-state index is -0.377. The molecule has 0 aliphatic carbocycles. The highest BCUT2D eigenvalue weighted by Gasteiger charge is 2.03. The lowest BCUT2D eigenvalue weighted by molar-refractivity contribution is 0.0928. The lowest BCUT2D eigenvalue weighted by Gasteiger charge is -2.01. The Morgan fingerprint density at radius 2 is 2.38 bits per heavy atom. The highest BCUT2D eigenvalue weighted by molar-refractivity contribution is 5.91. The molecule has 0 aliphatic rings. The van der Waals surface area contributed by atoms with Gasteiger partial charge in [0.05, 0.1) is 0 Å². The normalized spacial score (nSPS) is 9.31. The number of carbonyl (C=O) groups excluding carboxylic acids is 1. The molecule has 1 heterocycles. The summed E-state index contributed by atoms with van der Waals surface area (Å²) in [4.78, 5) is 15.0. The van der Waals surface area contributed by atoms with Crippen LogP contribution in [0.5, 0.6) is 0 Å². The summed E-state index contributed by atoms with van der Waals surface area (Å²) in [6.07, 6.45) is 3.20. The Hall–Kier alpha value is -1.72. The Labute approximate surface area is 75.6 Å². The number of hydrogen-bond donors (Lipinski definition) is 3. The minimum absolute atomic E-state index is 0.295.